The summed E-state index contributed by atoms with van der Waals surface area (Å²) in [6, 6.07) is 0.584. The fraction of sp³-hybridized carbons (Fsp3) is 0.923. The number of nitrogens with one attached hydrogen (secondary N) is 1. The van der Waals surface area contributed by atoms with Gasteiger partial charge in [0.05, 0.1) is 0 Å². The molecule has 0 saturated heterocycles. The number of hydrogen-bond acceptors (Lipinski definition) is 1. The van der Waals surface area contributed by atoms with Gasteiger partial charge >= 0.3 is 6.03 Å². The van der Waals surface area contributed by atoms with Gasteiger partial charge in [0.2, 0.25) is 0 Å². The number of carbonyl (C=O) groups excluding carboxylic acids is 1. The Bertz CT molecular complexity index is 210. The van der Waals surface area contributed by atoms with E-state index in [0.29, 0.717) is 6.04 Å². The smallest absolute Gasteiger partial charge is 0.317 e. The fourth-order valence-electron chi connectivity index (χ4n) is 2.29. The topological polar surface area (TPSA) is 32.3 Å². The molecule has 2 amide bonds. The molecule has 0 unspecified atom stereocenters. The average molecular weight is 226 g/mol. The van der Waals surface area contributed by atoms with Crippen LogP contribution in [0.3, 0.4) is 0 Å². The minimum absolute atomic E-state index is 0.107. The minimum Gasteiger partial charge on any atom is -0.338 e. The monoisotopic (exact) mass is 226 g/mol. The molecule has 0 bridgehead atoms. The van der Waals surface area contributed by atoms with E-state index in [2.05, 4.69) is 19.2 Å². The van der Waals surface area contributed by atoms with Crippen LogP contribution in [-0.2, 0) is 0 Å². The molecule has 3 heteroatoms. The molecule has 0 aromatic heterocycles. The van der Waals surface area contributed by atoms with Crippen LogP contribution in [0, 0.1) is 5.92 Å². The summed E-state index contributed by atoms with van der Waals surface area (Å²) in [5.41, 5.74) is 0. The highest BCUT2D eigenvalue weighted by molar-refractivity contribution is 5.74. The number of nitrogens with zero attached hydrogens (tertiary/aromatic N) is 1. The summed E-state index contributed by atoms with van der Waals surface area (Å²) in [4.78, 5) is 13.7. The Morgan fingerprint density at radius 2 is 2.00 bits per heavy atom. The van der Waals surface area contributed by atoms with Crippen molar-refractivity contribution in [3.05, 3.63) is 0 Å². The lowest BCUT2D eigenvalue weighted by Crippen LogP contribution is -2.42. The molecule has 0 aromatic carbocycles. The van der Waals surface area contributed by atoms with Crippen molar-refractivity contribution in [2.24, 2.45) is 5.92 Å². The third-order valence-corrected chi connectivity index (χ3v) is 3.43. The third kappa shape index (κ3) is 4.42. The molecule has 3 nitrogen and oxygen atoms in total. The molecule has 1 saturated carbocycles. The molecule has 0 aromatic rings. The van der Waals surface area contributed by atoms with Crippen LogP contribution < -0.4 is 5.32 Å². The summed E-state index contributed by atoms with van der Waals surface area (Å²) in [5, 5.41) is 3.00. The second kappa shape index (κ2) is 6.77. The zero-order valence-corrected chi connectivity index (χ0v) is 11.0. The van der Waals surface area contributed by atoms with E-state index in [1.54, 1.807) is 0 Å². The first-order chi connectivity index (χ1) is 7.61. The lowest BCUT2D eigenvalue weighted by molar-refractivity contribution is 0.190. The maximum atomic E-state index is 11.8. The van der Waals surface area contributed by atoms with Gasteiger partial charge in [-0.25, -0.2) is 4.79 Å². The Morgan fingerprint density at radius 1 is 1.38 bits per heavy atom. The standard InChI is InChI=1S/C13H26N2O/c1-11(2)7-6-10-14-13(16)15(3)12-8-4-5-9-12/h11-12H,4-10H2,1-3H3,(H,14,16). The predicted molar refractivity (Wildman–Crippen MR) is 67.5 cm³/mol. The molecule has 1 aliphatic rings. The minimum atomic E-state index is 0.107. The zero-order valence-electron chi connectivity index (χ0n) is 11.0. The summed E-state index contributed by atoms with van der Waals surface area (Å²) < 4.78 is 0. The molecule has 1 rings (SSSR count). The van der Waals surface area contributed by atoms with Crippen molar-refractivity contribution in [3.63, 3.8) is 0 Å². The second-order valence-corrected chi connectivity index (χ2v) is 5.32. The summed E-state index contributed by atoms with van der Waals surface area (Å²) >= 11 is 0. The van der Waals surface area contributed by atoms with Crippen LogP contribution in [0.15, 0.2) is 0 Å². The van der Waals surface area contributed by atoms with Gasteiger partial charge in [-0.2, -0.15) is 0 Å². The molecule has 0 radical (unpaired) electrons. The van der Waals surface area contributed by atoms with E-state index in [4.69, 9.17) is 0 Å². The Balaban J connectivity index is 2.13. The van der Waals surface area contributed by atoms with Gasteiger partial charge in [0.25, 0.3) is 0 Å². The predicted octanol–water partition coefficient (Wildman–Crippen LogP) is 3.01. The average Bonchev–Trinajstić information content (AvgIpc) is 2.76. The molecule has 0 spiro atoms. The van der Waals surface area contributed by atoms with Crippen molar-refractivity contribution in [1.29, 1.82) is 0 Å². The van der Waals surface area contributed by atoms with E-state index in [1.165, 1.54) is 32.1 Å². The molecule has 0 heterocycles. The Labute approximate surface area is 99.6 Å². The van der Waals surface area contributed by atoms with E-state index < -0.39 is 0 Å². The Hall–Kier alpha value is -0.730. The maximum absolute atomic E-state index is 11.8. The largest absolute Gasteiger partial charge is 0.338 e. The number of hydrogen-bond donors (Lipinski definition) is 1. The van der Waals surface area contributed by atoms with Crippen LogP contribution >= 0.6 is 0 Å². The molecule has 94 valence electrons. The molecule has 1 fully saturated rings. The second-order valence-electron chi connectivity index (χ2n) is 5.32. The normalized spacial score (nSPS) is 16.8. The number of carbonyl (C=O) groups is 1. The van der Waals surface area contributed by atoms with Gasteiger partial charge in [-0.1, -0.05) is 26.7 Å². The van der Waals surface area contributed by atoms with Crippen molar-refractivity contribution in [2.75, 3.05) is 13.6 Å². The summed E-state index contributed by atoms with van der Waals surface area (Å²) in [5.74, 6) is 0.726. The van der Waals surface area contributed by atoms with Gasteiger partial charge in [0.1, 0.15) is 0 Å². The third-order valence-electron chi connectivity index (χ3n) is 3.43. The summed E-state index contributed by atoms with van der Waals surface area (Å²) in [6.07, 6.45) is 7.17. The number of urea groups is 1. The van der Waals surface area contributed by atoms with E-state index in [-0.39, 0.29) is 6.03 Å². The van der Waals surface area contributed by atoms with Crippen LogP contribution in [0.4, 0.5) is 4.79 Å². The van der Waals surface area contributed by atoms with Gasteiger partial charge < -0.3 is 10.2 Å². The molecule has 0 aliphatic heterocycles. The van der Waals surface area contributed by atoms with Gasteiger partial charge in [-0.3, -0.25) is 0 Å². The van der Waals surface area contributed by atoms with Crippen molar-refractivity contribution in [2.45, 2.75) is 58.4 Å². The fourth-order valence-corrected chi connectivity index (χ4v) is 2.29. The highest BCUT2D eigenvalue weighted by Gasteiger charge is 2.22. The van der Waals surface area contributed by atoms with E-state index in [9.17, 15) is 4.79 Å². The van der Waals surface area contributed by atoms with Crippen LogP contribution in [-0.4, -0.2) is 30.6 Å². The van der Waals surface area contributed by atoms with Crippen LogP contribution in [0.25, 0.3) is 0 Å². The van der Waals surface area contributed by atoms with Crippen molar-refractivity contribution in [1.82, 2.24) is 10.2 Å². The lowest BCUT2D eigenvalue weighted by atomic mass is 10.1. The van der Waals surface area contributed by atoms with Crippen molar-refractivity contribution < 1.29 is 4.79 Å². The SMILES string of the molecule is CC(C)CCCNC(=O)N(C)C1CCCC1. The van der Waals surface area contributed by atoms with Crippen LogP contribution in [0.5, 0.6) is 0 Å². The van der Waals surface area contributed by atoms with E-state index in [1.807, 2.05) is 11.9 Å². The number of rotatable bonds is 5. The van der Waals surface area contributed by atoms with Crippen molar-refractivity contribution >= 4 is 6.03 Å². The maximum Gasteiger partial charge on any atom is 0.317 e. The zero-order chi connectivity index (χ0) is 12.0. The van der Waals surface area contributed by atoms with Crippen LogP contribution in [0.2, 0.25) is 0 Å². The first-order valence-electron chi connectivity index (χ1n) is 6.62. The molecular formula is C13H26N2O. The quantitative estimate of drug-likeness (QED) is 0.718. The van der Waals surface area contributed by atoms with E-state index in [0.717, 1.165) is 18.9 Å². The van der Waals surface area contributed by atoms with E-state index >= 15 is 0 Å². The molecule has 1 N–H and O–H groups in total. The first-order valence-corrected chi connectivity index (χ1v) is 6.62. The molecular weight excluding hydrogens is 200 g/mol. The highest BCUT2D eigenvalue weighted by Crippen LogP contribution is 2.22. The van der Waals surface area contributed by atoms with Crippen molar-refractivity contribution in [3.8, 4) is 0 Å². The molecule has 0 atom stereocenters. The highest BCUT2D eigenvalue weighted by atomic mass is 16.2. The Kier molecular flexibility index (Phi) is 5.64. The van der Waals surface area contributed by atoms with Crippen LogP contribution in [0.1, 0.15) is 52.4 Å². The summed E-state index contributed by atoms with van der Waals surface area (Å²) in [7, 11) is 1.92. The molecule has 1 aliphatic carbocycles. The van der Waals surface area contributed by atoms with Gasteiger partial charge in [-0.15, -0.1) is 0 Å². The Morgan fingerprint density at radius 3 is 2.56 bits per heavy atom. The molecule has 16 heavy (non-hydrogen) atoms. The summed E-state index contributed by atoms with van der Waals surface area (Å²) in [6.45, 7) is 5.24. The van der Waals surface area contributed by atoms with Gasteiger partial charge in [-0.05, 0) is 31.6 Å². The first kappa shape index (κ1) is 13.3. The number of amides is 2. The van der Waals surface area contributed by atoms with Gasteiger partial charge in [0, 0.05) is 19.6 Å². The van der Waals surface area contributed by atoms with Gasteiger partial charge in [0.15, 0.2) is 0 Å². The lowest BCUT2D eigenvalue weighted by Gasteiger charge is -2.24.